The maximum atomic E-state index is 4.53. The molecule has 3 nitrogen and oxygen atoms in total. The van der Waals surface area contributed by atoms with Crippen molar-refractivity contribution in [1.82, 2.24) is 15.1 Å². The lowest BCUT2D eigenvalue weighted by atomic mass is 10.1. The van der Waals surface area contributed by atoms with Crippen LogP contribution in [0.25, 0.3) is 16.8 Å². The topological polar surface area (TPSA) is 29.9 Å². The van der Waals surface area contributed by atoms with Crippen LogP contribution in [0.2, 0.25) is 0 Å². The minimum atomic E-state index is 0.787. The van der Waals surface area contributed by atoms with E-state index < -0.39 is 0 Å². The summed E-state index contributed by atoms with van der Waals surface area (Å²) in [6.45, 7) is 0.787. The van der Waals surface area contributed by atoms with Gasteiger partial charge in [0.05, 0.1) is 11.4 Å². The molecule has 1 aromatic heterocycles. The van der Waals surface area contributed by atoms with Gasteiger partial charge < -0.3 is 5.32 Å². The zero-order valence-electron chi connectivity index (χ0n) is 11.5. The lowest BCUT2D eigenvalue weighted by molar-refractivity contribution is 0.757. The number of nitrogens with one attached hydrogen (secondary N) is 1. The third-order valence-electron chi connectivity index (χ3n) is 3.24. The summed E-state index contributed by atoms with van der Waals surface area (Å²) in [6, 6.07) is 20.9. The molecule has 0 fully saturated rings. The summed E-state index contributed by atoms with van der Waals surface area (Å²) in [5, 5.41) is 7.63. The first-order valence-electron chi connectivity index (χ1n) is 6.72. The predicted molar refractivity (Wildman–Crippen MR) is 81.8 cm³/mol. The van der Waals surface area contributed by atoms with E-state index in [1.807, 2.05) is 30.1 Å². The number of benzene rings is 2. The Balaban J connectivity index is 1.85. The Kier molecular flexibility index (Phi) is 3.61. The molecule has 0 aliphatic heterocycles. The molecular formula is C17H17N3. The fraction of sp³-hybridized carbons (Fsp3) is 0.118. The van der Waals surface area contributed by atoms with Crippen LogP contribution in [-0.2, 0) is 6.54 Å². The van der Waals surface area contributed by atoms with Crippen molar-refractivity contribution in [3.63, 3.8) is 0 Å². The summed E-state index contributed by atoms with van der Waals surface area (Å²) < 4.78 is 1.90. The number of hydrogen-bond donors (Lipinski definition) is 1. The molecule has 0 aliphatic rings. The van der Waals surface area contributed by atoms with Gasteiger partial charge in [0.1, 0.15) is 0 Å². The highest BCUT2D eigenvalue weighted by atomic mass is 15.3. The summed E-state index contributed by atoms with van der Waals surface area (Å²) in [4.78, 5) is 0. The standard InChI is InChI=1S/C17H17N3/c1-18-13-16-11-12-20(19-16)17-9-7-15(8-10-17)14-5-3-2-4-6-14/h2-12,18H,13H2,1H3. The first kappa shape index (κ1) is 12.6. The molecule has 0 spiro atoms. The fourth-order valence-corrected chi connectivity index (χ4v) is 2.22. The molecule has 0 aliphatic carbocycles. The molecule has 1 heterocycles. The third-order valence-corrected chi connectivity index (χ3v) is 3.24. The van der Waals surface area contributed by atoms with E-state index in [0.717, 1.165) is 17.9 Å². The molecule has 0 bridgehead atoms. The summed E-state index contributed by atoms with van der Waals surface area (Å²) >= 11 is 0. The van der Waals surface area contributed by atoms with Crippen molar-refractivity contribution in [1.29, 1.82) is 0 Å². The molecule has 1 N–H and O–H groups in total. The Morgan fingerprint density at radius 3 is 2.30 bits per heavy atom. The zero-order chi connectivity index (χ0) is 13.8. The number of nitrogens with zero attached hydrogens (tertiary/aromatic N) is 2. The van der Waals surface area contributed by atoms with Gasteiger partial charge in [-0.25, -0.2) is 4.68 Å². The highest BCUT2D eigenvalue weighted by Crippen LogP contribution is 2.20. The molecule has 0 saturated carbocycles. The van der Waals surface area contributed by atoms with Gasteiger partial charge in [-0.15, -0.1) is 0 Å². The van der Waals surface area contributed by atoms with Crippen LogP contribution in [-0.4, -0.2) is 16.8 Å². The van der Waals surface area contributed by atoms with E-state index in [0.29, 0.717) is 0 Å². The van der Waals surface area contributed by atoms with Gasteiger partial charge in [0.25, 0.3) is 0 Å². The quantitative estimate of drug-likeness (QED) is 0.783. The van der Waals surface area contributed by atoms with Gasteiger partial charge in [-0.2, -0.15) is 5.10 Å². The second-order valence-corrected chi connectivity index (χ2v) is 4.69. The Labute approximate surface area is 118 Å². The minimum absolute atomic E-state index is 0.787. The molecule has 0 saturated heterocycles. The van der Waals surface area contributed by atoms with Gasteiger partial charge in [-0.1, -0.05) is 42.5 Å². The Bertz CT molecular complexity index is 669. The highest BCUT2D eigenvalue weighted by Gasteiger charge is 2.01. The molecule has 0 atom stereocenters. The maximum Gasteiger partial charge on any atom is 0.0766 e. The molecule has 3 rings (SSSR count). The Morgan fingerprint density at radius 2 is 1.60 bits per heavy atom. The van der Waals surface area contributed by atoms with Crippen LogP contribution in [0, 0.1) is 0 Å². The van der Waals surface area contributed by atoms with Gasteiger partial charge in [0.2, 0.25) is 0 Å². The van der Waals surface area contributed by atoms with Crippen molar-refractivity contribution in [3.05, 3.63) is 72.6 Å². The molecule has 2 aromatic carbocycles. The average Bonchev–Trinajstić information content (AvgIpc) is 2.97. The van der Waals surface area contributed by atoms with Crippen LogP contribution in [0.15, 0.2) is 66.9 Å². The van der Waals surface area contributed by atoms with Crippen molar-refractivity contribution in [3.8, 4) is 16.8 Å². The van der Waals surface area contributed by atoms with Gasteiger partial charge in [-0.3, -0.25) is 0 Å². The largest absolute Gasteiger partial charge is 0.314 e. The van der Waals surface area contributed by atoms with Crippen LogP contribution in [0.5, 0.6) is 0 Å². The van der Waals surface area contributed by atoms with E-state index in [1.165, 1.54) is 11.1 Å². The normalized spacial score (nSPS) is 10.7. The van der Waals surface area contributed by atoms with Crippen LogP contribution in [0.3, 0.4) is 0 Å². The number of aromatic nitrogens is 2. The second kappa shape index (κ2) is 5.72. The van der Waals surface area contributed by atoms with Crippen molar-refractivity contribution < 1.29 is 0 Å². The minimum Gasteiger partial charge on any atom is -0.314 e. The van der Waals surface area contributed by atoms with Gasteiger partial charge in [0, 0.05) is 12.7 Å². The van der Waals surface area contributed by atoms with Crippen LogP contribution >= 0.6 is 0 Å². The van der Waals surface area contributed by atoms with E-state index in [4.69, 9.17) is 0 Å². The summed E-state index contributed by atoms with van der Waals surface area (Å²) in [6.07, 6.45) is 1.99. The van der Waals surface area contributed by atoms with Crippen LogP contribution < -0.4 is 5.32 Å². The average molecular weight is 263 g/mol. The highest BCUT2D eigenvalue weighted by molar-refractivity contribution is 5.64. The van der Waals surface area contributed by atoms with Gasteiger partial charge >= 0.3 is 0 Å². The van der Waals surface area contributed by atoms with E-state index >= 15 is 0 Å². The summed E-state index contributed by atoms with van der Waals surface area (Å²) in [7, 11) is 1.92. The van der Waals surface area contributed by atoms with Crippen molar-refractivity contribution in [2.75, 3.05) is 7.05 Å². The number of hydrogen-bond acceptors (Lipinski definition) is 2. The Morgan fingerprint density at radius 1 is 0.900 bits per heavy atom. The molecular weight excluding hydrogens is 246 g/mol. The van der Waals surface area contributed by atoms with Crippen molar-refractivity contribution in [2.24, 2.45) is 0 Å². The summed E-state index contributed by atoms with van der Waals surface area (Å²) in [5.74, 6) is 0. The van der Waals surface area contributed by atoms with Crippen molar-refractivity contribution >= 4 is 0 Å². The molecule has 0 unspecified atom stereocenters. The zero-order valence-corrected chi connectivity index (χ0v) is 11.5. The second-order valence-electron chi connectivity index (χ2n) is 4.69. The van der Waals surface area contributed by atoms with Crippen molar-refractivity contribution in [2.45, 2.75) is 6.54 Å². The lowest BCUT2D eigenvalue weighted by Gasteiger charge is -2.04. The molecule has 3 aromatic rings. The smallest absolute Gasteiger partial charge is 0.0766 e. The Hall–Kier alpha value is -2.39. The van der Waals surface area contributed by atoms with E-state index in [9.17, 15) is 0 Å². The predicted octanol–water partition coefficient (Wildman–Crippen LogP) is 3.26. The fourth-order valence-electron chi connectivity index (χ4n) is 2.22. The number of rotatable bonds is 4. The van der Waals surface area contributed by atoms with Gasteiger partial charge in [0.15, 0.2) is 0 Å². The molecule has 0 amide bonds. The monoisotopic (exact) mass is 263 g/mol. The van der Waals surface area contributed by atoms with E-state index in [2.05, 4.69) is 58.9 Å². The first-order chi connectivity index (χ1) is 9.86. The molecule has 20 heavy (non-hydrogen) atoms. The van der Waals surface area contributed by atoms with E-state index in [1.54, 1.807) is 0 Å². The van der Waals surface area contributed by atoms with Crippen LogP contribution in [0.1, 0.15) is 5.69 Å². The molecule has 100 valence electrons. The van der Waals surface area contributed by atoms with E-state index in [-0.39, 0.29) is 0 Å². The van der Waals surface area contributed by atoms with Gasteiger partial charge in [-0.05, 0) is 36.4 Å². The first-order valence-corrected chi connectivity index (χ1v) is 6.72. The molecule has 3 heteroatoms. The summed E-state index contributed by atoms with van der Waals surface area (Å²) in [5.41, 5.74) is 4.57. The SMILES string of the molecule is CNCc1ccn(-c2ccc(-c3ccccc3)cc2)n1. The maximum absolute atomic E-state index is 4.53. The van der Waals surface area contributed by atoms with Crippen LogP contribution in [0.4, 0.5) is 0 Å². The third kappa shape index (κ3) is 2.63. The lowest BCUT2D eigenvalue weighted by Crippen LogP contribution is -2.06. The molecule has 0 radical (unpaired) electrons.